The van der Waals surface area contributed by atoms with Crippen molar-refractivity contribution in [3.05, 3.63) is 108 Å². The average Bonchev–Trinajstić information content (AvgIpc) is 2.85. The summed E-state index contributed by atoms with van der Waals surface area (Å²) >= 11 is 6.76. The molecule has 0 saturated heterocycles. The van der Waals surface area contributed by atoms with Crippen LogP contribution in [0.15, 0.2) is 91.0 Å². The Hall–Kier alpha value is -3.55. The third-order valence-electron chi connectivity index (χ3n) is 5.23. The molecule has 34 heavy (non-hydrogen) atoms. The molecule has 0 bridgehead atoms. The molecule has 0 fully saturated rings. The lowest BCUT2D eigenvalue weighted by Crippen LogP contribution is -2.29. The highest BCUT2D eigenvalue weighted by Gasteiger charge is 2.26. The highest BCUT2D eigenvalue weighted by atomic mass is 32.2. The van der Waals surface area contributed by atoms with E-state index in [0.717, 1.165) is 39.8 Å². The Labute approximate surface area is 208 Å². The van der Waals surface area contributed by atoms with Gasteiger partial charge in [0, 0.05) is 22.3 Å². The molecule has 1 aromatic heterocycles. The van der Waals surface area contributed by atoms with Crippen LogP contribution in [0.1, 0.15) is 27.5 Å². The molecule has 1 atom stereocenters. The number of amides is 1. The molecule has 170 valence electrons. The smallest absolute Gasteiger partial charge is 0.261 e. The van der Waals surface area contributed by atoms with Crippen LogP contribution in [0.25, 0.3) is 10.9 Å². The first-order chi connectivity index (χ1) is 16.5. The number of aryl methyl sites for hydroxylation is 1. The van der Waals surface area contributed by atoms with Crippen molar-refractivity contribution in [1.82, 2.24) is 9.71 Å². The Bertz CT molecular complexity index is 1330. The number of nitrogens with zero attached hydrogens (tertiary/aromatic N) is 1. The lowest BCUT2D eigenvalue weighted by molar-refractivity contribution is -0.116. The largest absolute Gasteiger partial charge is 0.349 e. The van der Waals surface area contributed by atoms with Crippen molar-refractivity contribution in [2.45, 2.75) is 12.8 Å². The summed E-state index contributed by atoms with van der Waals surface area (Å²) in [5, 5.41) is 4.14. The molecular weight excluding hydrogens is 462 g/mol. The Kier molecular flexibility index (Phi) is 7.67. The minimum Gasteiger partial charge on any atom is -0.349 e. The number of rotatable bonds is 8. The number of fused-ring (bicyclic) bond motifs is 1. The normalized spacial score (nSPS) is 11.6. The summed E-state index contributed by atoms with van der Waals surface area (Å²) in [6, 6.07) is 28.1. The molecule has 1 unspecified atom stereocenters. The summed E-state index contributed by atoms with van der Waals surface area (Å²) in [7, 11) is 0. The summed E-state index contributed by atoms with van der Waals surface area (Å²) in [5.74, 6) is -0.940. The zero-order valence-corrected chi connectivity index (χ0v) is 20.2. The van der Waals surface area contributed by atoms with E-state index in [-0.39, 0.29) is 17.4 Å². The second-order valence-corrected chi connectivity index (χ2v) is 8.97. The predicted molar refractivity (Wildman–Crippen MR) is 143 cm³/mol. The molecule has 5 nitrogen and oxygen atoms in total. The number of hydrogen-bond acceptors (Lipinski definition) is 5. The van der Waals surface area contributed by atoms with Crippen molar-refractivity contribution in [3.8, 4) is 0 Å². The molecule has 2 N–H and O–H groups in total. The van der Waals surface area contributed by atoms with E-state index in [9.17, 15) is 9.59 Å². The first kappa shape index (κ1) is 23.6. The van der Waals surface area contributed by atoms with Crippen LogP contribution in [0.5, 0.6) is 0 Å². The highest BCUT2D eigenvalue weighted by molar-refractivity contribution is 7.98. The highest BCUT2D eigenvalue weighted by Crippen LogP contribution is 2.26. The van der Waals surface area contributed by atoms with Crippen molar-refractivity contribution >= 4 is 57.4 Å². The van der Waals surface area contributed by atoms with Gasteiger partial charge in [-0.15, -0.1) is 0 Å². The van der Waals surface area contributed by atoms with Crippen molar-refractivity contribution in [2.24, 2.45) is 0 Å². The first-order valence-electron chi connectivity index (χ1n) is 10.7. The Balaban J connectivity index is 1.54. The third-order valence-corrected chi connectivity index (χ3v) is 6.32. The Morgan fingerprint density at radius 1 is 0.941 bits per heavy atom. The van der Waals surface area contributed by atoms with Crippen LogP contribution in [0, 0.1) is 6.92 Å². The van der Waals surface area contributed by atoms with Gasteiger partial charge in [-0.2, -0.15) is 0 Å². The second-order valence-electron chi connectivity index (χ2n) is 7.75. The second kappa shape index (κ2) is 11.0. The Morgan fingerprint density at radius 2 is 1.65 bits per heavy atom. The lowest BCUT2D eigenvalue weighted by atomic mass is 9.93. The van der Waals surface area contributed by atoms with Gasteiger partial charge in [-0.3, -0.25) is 19.3 Å². The SMILES string of the molecule is Cc1ccc2cc(C(C(=O)CSNC(=O)c3ccccc3)C(=S)Nc3ccccc3)ccc2n1. The summed E-state index contributed by atoms with van der Waals surface area (Å²) in [5.41, 5.74) is 3.93. The van der Waals surface area contributed by atoms with Crippen LogP contribution in [-0.4, -0.2) is 27.4 Å². The number of para-hydroxylation sites is 1. The third kappa shape index (κ3) is 5.87. The van der Waals surface area contributed by atoms with Gasteiger partial charge in [-0.1, -0.05) is 60.7 Å². The number of aromatic nitrogens is 1. The molecule has 3 aromatic carbocycles. The van der Waals surface area contributed by atoms with Crippen LogP contribution in [0.4, 0.5) is 5.69 Å². The summed E-state index contributed by atoms with van der Waals surface area (Å²) < 4.78 is 2.74. The minimum absolute atomic E-state index is 0.0734. The number of nitrogens with one attached hydrogen (secondary N) is 2. The monoisotopic (exact) mass is 485 g/mol. The molecule has 0 radical (unpaired) electrons. The van der Waals surface area contributed by atoms with Gasteiger partial charge in [-0.25, -0.2) is 0 Å². The lowest BCUT2D eigenvalue weighted by Gasteiger charge is -2.19. The van der Waals surface area contributed by atoms with Crippen molar-refractivity contribution in [1.29, 1.82) is 0 Å². The van der Waals surface area contributed by atoms with E-state index in [4.69, 9.17) is 12.2 Å². The van der Waals surface area contributed by atoms with E-state index in [0.29, 0.717) is 10.6 Å². The number of thiocarbonyl (C=S) groups is 1. The van der Waals surface area contributed by atoms with Crippen LogP contribution in [0.3, 0.4) is 0 Å². The fourth-order valence-electron chi connectivity index (χ4n) is 3.55. The van der Waals surface area contributed by atoms with Gasteiger partial charge < -0.3 is 5.32 Å². The van der Waals surface area contributed by atoms with E-state index >= 15 is 0 Å². The molecule has 0 aliphatic heterocycles. The number of hydrogen-bond donors (Lipinski definition) is 2. The number of benzene rings is 3. The maximum absolute atomic E-state index is 13.4. The van der Waals surface area contributed by atoms with E-state index in [1.807, 2.05) is 73.7 Å². The van der Waals surface area contributed by atoms with Gasteiger partial charge in [0.05, 0.1) is 22.2 Å². The topological polar surface area (TPSA) is 71.1 Å². The maximum Gasteiger partial charge on any atom is 0.261 e. The molecule has 1 heterocycles. The zero-order valence-electron chi connectivity index (χ0n) is 18.5. The number of Topliss-reactive ketones (excluding diaryl/α,β-unsaturated/α-hetero) is 1. The fraction of sp³-hybridized carbons (Fsp3) is 0.111. The van der Waals surface area contributed by atoms with Gasteiger partial charge in [0.25, 0.3) is 5.91 Å². The number of carbonyl (C=O) groups is 2. The number of ketones is 1. The van der Waals surface area contributed by atoms with Crippen LogP contribution in [0.2, 0.25) is 0 Å². The number of carbonyl (C=O) groups excluding carboxylic acids is 2. The van der Waals surface area contributed by atoms with Crippen LogP contribution >= 0.6 is 24.2 Å². The summed E-state index contributed by atoms with van der Waals surface area (Å²) in [6.07, 6.45) is 0. The summed E-state index contributed by atoms with van der Waals surface area (Å²) in [4.78, 5) is 30.6. The quantitative estimate of drug-likeness (QED) is 0.246. The molecule has 7 heteroatoms. The fourth-order valence-corrected chi connectivity index (χ4v) is 4.56. The molecule has 0 aliphatic rings. The molecule has 0 aliphatic carbocycles. The van der Waals surface area contributed by atoms with E-state index in [1.165, 1.54) is 0 Å². The Morgan fingerprint density at radius 3 is 2.38 bits per heavy atom. The first-order valence-corrected chi connectivity index (χ1v) is 12.1. The van der Waals surface area contributed by atoms with Crippen LogP contribution in [-0.2, 0) is 4.79 Å². The maximum atomic E-state index is 13.4. The van der Waals surface area contributed by atoms with Crippen LogP contribution < -0.4 is 10.0 Å². The van der Waals surface area contributed by atoms with Crippen molar-refractivity contribution in [2.75, 3.05) is 11.1 Å². The molecule has 4 aromatic rings. The molecule has 1 amide bonds. The predicted octanol–water partition coefficient (Wildman–Crippen LogP) is 5.71. The van der Waals surface area contributed by atoms with Gasteiger partial charge in [0.1, 0.15) is 0 Å². The molecule has 0 saturated carbocycles. The molecule has 0 spiro atoms. The van der Waals surface area contributed by atoms with Gasteiger partial charge >= 0.3 is 0 Å². The average molecular weight is 486 g/mol. The van der Waals surface area contributed by atoms with Crippen molar-refractivity contribution in [3.63, 3.8) is 0 Å². The van der Waals surface area contributed by atoms with Gasteiger partial charge in [0.15, 0.2) is 5.78 Å². The zero-order chi connectivity index (χ0) is 23.9. The van der Waals surface area contributed by atoms with E-state index < -0.39 is 5.92 Å². The van der Waals surface area contributed by atoms with Gasteiger partial charge in [0.2, 0.25) is 0 Å². The minimum atomic E-state index is -0.665. The number of pyridine rings is 1. The molecule has 4 rings (SSSR count). The van der Waals surface area contributed by atoms with Gasteiger partial charge in [-0.05, 0) is 66.9 Å². The standard InChI is InChI=1S/C27H23N3O2S2/c1-18-12-13-20-16-21(14-15-23(20)28-18)25(27(33)29-22-10-6-3-7-11-22)24(31)17-34-30-26(32)19-8-4-2-5-9-19/h2-16,25H,17H2,1H3,(H,29,33)(H,30,32). The molecular formula is C27H23N3O2S2. The van der Waals surface area contributed by atoms with E-state index in [1.54, 1.807) is 24.3 Å². The summed E-state index contributed by atoms with van der Waals surface area (Å²) in [6.45, 7) is 1.94. The van der Waals surface area contributed by atoms with Crippen molar-refractivity contribution < 1.29 is 9.59 Å². The number of anilines is 1. The van der Waals surface area contributed by atoms with E-state index in [2.05, 4.69) is 15.0 Å².